The van der Waals surface area contributed by atoms with Crippen LogP contribution in [0.5, 0.6) is 0 Å². The maximum absolute atomic E-state index is 13.5. The molecule has 3 aliphatic rings. The summed E-state index contributed by atoms with van der Waals surface area (Å²) in [4.78, 5) is 20.6. The topological polar surface area (TPSA) is 94.1 Å². The van der Waals surface area contributed by atoms with E-state index in [2.05, 4.69) is 49.7 Å². The summed E-state index contributed by atoms with van der Waals surface area (Å²) >= 11 is 0. The second-order valence-corrected chi connectivity index (χ2v) is 11.5. The molecule has 200 valence electrons. The highest BCUT2D eigenvalue weighted by Crippen LogP contribution is 2.40. The summed E-state index contributed by atoms with van der Waals surface area (Å²) < 4.78 is 0. The second kappa shape index (κ2) is 10.1. The molecule has 4 heterocycles. The Hall–Kier alpha value is -3.71. The first-order chi connectivity index (χ1) is 19.1. The summed E-state index contributed by atoms with van der Waals surface area (Å²) in [5.74, 6) is 0.332. The number of amides is 1. The molecular formula is C32H35N5O2. The van der Waals surface area contributed by atoms with E-state index < -0.39 is 0 Å². The molecule has 7 rings (SSSR count). The number of piperidine rings is 1. The van der Waals surface area contributed by atoms with Gasteiger partial charge in [-0.15, -0.1) is 0 Å². The lowest BCUT2D eigenvalue weighted by molar-refractivity contribution is 0.0920. The number of fused-ring (bicyclic) bond motifs is 3. The van der Waals surface area contributed by atoms with Crippen molar-refractivity contribution in [1.29, 1.82) is 0 Å². The van der Waals surface area contributed by atoms with Crippen molar-refractivity contribution in [2.75, 3.05) is 4.90 Å². The zero-order chi connectivity index (χ0) is 26.3. The van der Waals surface area contributed by atoms with Gasteiger partial charge < -0.3 is 15.3 Å². The van der Waals surface area contributed by atoms with Crippen molar-refractivity contribution in [1.82, 2.24) is 20.5 Å². The number of aromatic amines is 1. The number of hydrogen-bond acceptors (Lipinski definition) is 5. The molecule has 1 aliphatic carbocycles. The molecule has 2 aromatic heterocycles. The number of rotatable bonds is 6. The number of aliphatic hydroxyl groups is 1. The van der Waals surface area contributed by atoms with Crippen LogP contribution in [0, 0.1) is 5.92 Å². The quantitative estimate of drug-likeness (QED) is 0.299. The predicted molar refractivity (Wildman–Crippen MR) is 152 cm³/mol. The Balaban J connectivity index is 1.14. The van der Waals surface area contributed by atoms with Crippen LogP contribution in [0.2, 0.25) is 0 Å². The Morgan fingerprint density at radius 1 is 0.974 bits per heavy atom. The zero-order valence-electron chi connectivity index (χ0n) is 22.1. The minimum Gasteiger partial charge on any atom is -0.393 e. The molecule has 0 radical (unpaired) electrons. The van der Waals surface area contributed by atoms with Crippen molar-refractivity contribution in [3.05, 3.63) is 78.1 Å². The highest BCUT2D eigenvalue weighted by Gasteiger charge is 2.40. The highest BCUT2D eigenvalue weighted by molar-refractivity contribution is 6.01. The largest absolute Gasteiger partial charge is 0.393 e. The van der Waals surface area contributed by atoms with Gasteiger partial charge in [-0.2, -0.15) is 5.10 Å². The third-order valence-corrected chi connectivity index (χ3v) is 9.14. The molecule has 2 aliphatic heterocycles. The zero-order valence-corrected chi connectivity index (χ0v) is 22.1. The fourth-order valence-electron chi connectivity index (χ4n) is 7.25. The van der Waals surface area contributed by atoms with Crippen LogP contribution in [-0.4, -0.2) is 44.4 Å². The van der Waals surface area contributed by atoms with Crippen molar-refractivity contribution in [3.63, 3.8) is 0 Å². The first kappa shape index (κ1) is 24.3. The normalized spacial score (nSPS) is 23.8. The van der Waals surface area contributed by atoms with Gasteiger partial charge in [0.15, 0.2) is 0 Å². The minimum atomic E-state index is -0.169. The first-order valence-electron chi connectivity index (χ1n) is 14.4. The molecule has 4 atom stereocenters. The molecule has 1 saturated carbocycles. The van der Waals surface area contributed by atoms with Crippen molar-refractivity contribution in [2.45, 2.75) is 75.6 Å². The van der Waals surface area contributed by atoms with Crippen LogP contribution in [-0.2, 0) is 0 Å². The average Bonchev–Trinajstić information content (AvgIpc) is 3.70. The minimum absolute atomic E-state index is 0.0790. The van der Waals surface area contributed by atoms with Gasteiger partial charge in [-0.3, -0.25) is 14.9 Å². The average molecular weight is 522 g/mol. The molecule has 2 saturated heterocycles. The van der Waals surface area contributed by atoms with Crippen LogP contribution >= 0.6 is 0 Å². The van der Waals surface area contributed by atoms with Gasteiger partial charge in [0, 0.05) is 40.5 Å². The number of carbonyl (C=O) groups excluding carboxylic acids is 1. The number of aromatic nitrogens is 3. The van der Waals surface area contributed by atoms with Gasteiger partial charge in [0.25, 0.3) is 5.91 Å². The van der Waals surface area contributed by atoms with E-state index in [4.69, 9.17) is 0 Å². The van der Waals surface area contributed by atoms with E-state index in [9.17, 15) is 9.90 Å². The van der Waals surface area contributed by atoms with Gasteiger partial charge >= 0.3 is 0 Å². The number of pyridine rings is 1. The van der Waals surface area contributed by atoms with Crippen molar-refractivity contribution in [2.24, 2.45) is 5.92 Å². The maximum atomic E-state index is 13.5. The smallest absolute Gasteiger partial charge is 0.251 e. The Bertz CT molecular complexity index is 1450. The number of hydrogen-bond donors (Lipinski definition) is 3. The number of benzene rings is 2. The molecule has 2 aromatic carbocycles. The number of aliphatic hydroxyl groups excluding tert-OH is 1. The second-order valence-electron chi connectivity index (χ2n) is 11.5. The molecule has 2 bridgehead atoms. The highest BCUT2D eigenvalue weighted by atomic mass is 16.3. The van der Waals surface area contributed by atoms with E-state index in [0.29, 0.717) is 23.6 Å². The lowest BCUT2D eigenvalue weighted by Crippen LogP contribution is -2.44. The fraction of sp³-hybridized carbons (Fsp3) is 0.406. The molecule has 4 aromatic rings. The molecule has 3 N–H and O–H groups in total. The number of carbonyl (C=O) groups is 1. The van der Waals surface area contributed by atoms with Crippen LogP contribution in [0.1, 0.15) is 73.5 Å². The van der Waals surface area contributed by atoms with E-state index in [-0.39, 0.29) is 18.1 Å². The number of nitrogens with zero attached hydrogens (tertiary/aromatic N) is 3. The summed E-state index contributed by atoms with van der Waals surface area (Å²) in [6, 6.07) is 21.1. The Kier molecular flexibility index (Phi) is 6.31. The van der Waals surface area contributed by atoms with Crippen LogP contribution in [0.3, 0.4) is 0 Å². The molecule has 0 spiro atoms. The monoisotopic (exact) mass is 521 g/mol. The lowest BCUT2D eigenvalue weighted by atomic mass is 9.94. The number of anilines is 1. The molecule has 7 nitrogen and oxygen atoms in total. The molecular weight excluding hydrogens is 486 g/mol. The number of nitrogens with one attached hydrogen (secondary N) is 2. The van der Waals surface area contributed by atoms with Crippen LogP contribution in [0.25, 0.3) is 22.2 Å². The third kappa shape index (κ3) is 4.59. The molecule has 1 amide bonds. The molecule has 7 heteroatoms. The van der Waals surface area contributed by atoms with Crippen molar-refractivity contribution < 1.29 is 9.90 Å². The van der Waals surface area contributed by atoms with Crippen molar-refractivity contribution >= 4 is 22.5 Å². The van der Waals surface area contributed by atoms with E-state index in [1.54, 1.807) is 6.20 Å². The lowest BCUT2D eigenvalue weighted by Gasteiger charge is -2.39. The molecule has 39 heavy (non-hydrogen) atoms. The molecule has 3 fully saturated rings. The summed E-state index contributed by atoms with van der Waals surface area (Å²) in [6.07, 6.45) is 10.3. The predicted octanol–water partition coefficient (Wildman–Crippen LogP) is 5.78. The third-order valence-electron chi connectivity index (χ3n) is 9.14. The van der Waals surface area contributed by atoms with E-state index >= 15 is 0 Å². The van der Waals surface area contributed by atoms with E-state index in [0.717, 1.165) is 66.4 Å². The Morgan fingerprint density at radius 3 is 2.46 bits per heavy atom. The Labute approximate surface area is 228 Å². The van der Waals surface area contributed by atoms with Crippen LogP contribution in [0.4, 0.5) is 5.69 Å². The summed E-state index contributed by atoms with van der Waals surface area (Å²) in [5.41, 5.74) is 5.55. The van der Waals surface area contributed by atoms with E-state index in [1.165, 1.54) is 18.5 Å². The first-order valence-corrected chi connectivity index (χ1v) is 14.4. The summed E-state index contributed by atoms with van der Waals surface area (Å²) in [7, 11) is 0. The maximum Gasteiger partial charge on any atom is 0.251 e. The standard InChI is InChI=1S/C32H35N5O2/c38-26-18-24-13-14-25(19-26)37(24)23-11-8-21(9-12-23)30-27-17-22(10-15-28(27)35-36-30)32(39)34-31(20-5-1-2-6-20)29-7-3-4-16-33-29/h3-4,7-12,15-17,20,24-26,31,38H,1-2,5-6,13-14,18-19H2,(H,34,39)(H,35,36)/t24-,25+,26?,31-/m0/s1. The fourth-order valence-corrected chi connectivity index (χ4v) is 7.25. The van der Waals surface area contributed by atoms with Gasteiger partial charge in [-0.1, -0.05) is 31.0 Å². The SMILES string of the molecule is O=C(N[C@H](c1ccccn1)C1CCCC1)c1ccc2[nH]nc(-c3ccc(N4[C@@H]5CC[C@H]4CC(O)C5)cc3)c2c1. The van der Waals surface area contributed by atoms with Gasteiger partial charge in [0.1, 0.15) is 0 Å². The summed E-state index contributed by atoms with van der Waals surface area (Å²) in [5, 5.41) is 22.2. The van der Waals surface area contributed by atoms with Gasteiger partial charge in [-0.05, 0) is 86.9 Å². The molecule has 1 unspecified atom stereocenters. The van der Waals surface area contributed by atoms with Gasteiger partial charge in [0.2, 0.25) is 0 Å². The van der Waals surface area contributed by atoms with E-state index in [1.807, 2.05) is 36.4 Å². The van der Waals surface area contributed by atoms with Crippen LogP contribution in [0.15, 0.2) is 66.9 Å². The summed E-state index contributed by atoms with van der Waals surface area (Å²) in [6.45, 7) is 0. The van der Waals surface area contributed by atoms with Gasteiger partial charge in [0.05, 0.1) is 29.1 Å². The van der Waals surface area contributed by atoms with Crippen molar-refractivity contribution in [3.8, 4) is 11.3 Å². The number of H-pyrrole nitrogens is 1. The van der Waals surface area contributed by atoms with Gasteiger partial charge in [-0.25, -0.2) is 0 Å². The Morgan fingerprint density at radius 2 is 1.74 bits per heavy atom. The van der Waals surface area contributed by atoms with Crippen LogP contribution < -0.4 is 10.2 Å².